The first kappa shape index (κ1) is 16.7. The molecule has 6 heteroatoms. The van der Waals surface area contributed by atoms with Gasteiger partial charge < -0.3 is 10.6 Å². The van der Waals surface area contributed by atoms with Crippen molar-refractivity contribution in [3.05, 3.63) is 59.4 Å². The first-order chi connectivity index (χ1) is 11.0. The number of nitrogens with zero attached hydrogens (tertiary/aromatic N) is 1. The second kappa shape index (κ2) is 7.58. The Hall–Kier alpha value is -2.63. The van der Waals surface area contributed by atoms with Gasteiger partial charge in [-0.1, -0.05) is 35.8 Å². The van der Waals surface area contributed by atoms with E-state index in [1.54, 1.807) is 30.3 Å². The van der Waals surface area contributed by atoms with Gasteiger partial charge in [-0.25, -0.2) is 4.98 Å². The van der Waals surface area contributed by atoms with Crippen molar-refractivity contribution in [3.8, 4) is 0 Å². The van der Waals surface area contributed by atoms with E-state index in [9.17, 15) is 9.59 Å². The normalized spacial score (nSPS) is 10.4. The highest BCUT2D eigenvalue weighted by molar-refractivity contribution is 6.32. The van der Waals surface area contributed by atoms with Gasteiger partial charge in [-0.15, -0.1) is 0 Å². The Kier molecular flexibility index (Phi) is 5.52. The fourth-order valence-corrected chi connectivity index (χ4v) is 2.00. The summed E-state index contributed by atoms with van der Waals surface area (Å²) < 4.78 is 0. The molecule has 2 amide bonds. The van der Waals surface area contributed by atoms with Crippen LogP contribution in [-0.2, 0) is 6.54 Å². The first-order valence-corrected chi connectivity index (χ1v) is 7.36. The number of pyridine rings is 1. The molecule has 2 radical (unpaired) electrons. The average molecular weight is 307 g/mol. The van der Waals surface area contributed by atoms with Gasteiger partial charge in [0, 0.05) is 12.6 Å². The summed E-state index contributed by atoms with van der Waals surface area (Å²) in [5, 5.41) is 5.50. The van der Waals surface area contributed by atoms with E-state index in [-0.39, 0.29) is 29.2 Å². The maximum absolute atomic E-state index is 12.2. The molecule has 1 aromatic heterocycles. The maximum Gasteiger partial charge on any atom is 0.270 e. The van der Waals surface area contributed by atoms with E-state index in [2.05, 4.69) is 15.6 Å². The molecular formula is C17H18BN3O2. The Labute approximate surface area is 136 Å². The molecule has 0 bridgehead atoms. The van der Waals surface area contributed by atoms with Crippen LogP contribution in [0.3, 0.4) is 0 Å². The van der Waals surface area contributed by atoms with Gasteiger partial charge in [0.05, 0.1) is 0 Å². The molecule has 0 saturated carbocycles. The van der Waals surface area contributed by atoms with Gasteiger partial charge in [-0.2, -0.15) is 0 Å². The fourth-order valence-electron chi connectivity index (χ4n) is 2.00. The second-order valence-electron chi connectivity index (χ2n) is 5.46. The van der Waals surface area contributed by atoms with Crippen molar-refractivity contribution < 1.29 is 9.59 Å². The second-order valence-corrected chi connectivity index (χ2v) is 5.46. The Balaban J connectivity index is 2.03. The van der Waals surface area contributed by atoms with Crippen LogP contribution in [0.15, 0.2) is 42.5 Å². The van der Waals surface area contributed by atoms with Crippen LogP contribution in [-0.4, -0.2) is 30.7 Å². The van der Waals surface area contributed by atoms with Gasteiger partial charge in [0.2, 0.25) is 0 Å². The molecule has 5 nitrogen and oxygen atoms in total. The van der Waals surface area contributed by atoms with Crippen LogP contribution >= 0.6 is 0 Å². The number of hydrogen-bond donors (Lipinski definition) is 2. The minimum atomic E-state index is -0.341. The lowest BCUT2D eigenvalue weighted by Gasteiger charge is -2.09. The van der Waals surface area contributed by atoms with Crippen LogP contribution in [0, 0.1) is 0 Å². The number of nitrogens with one attached hydrogen (secondary N) is 2. The van der Waals surface area contributed by atoms with E-state index in [0.717, 1.165) is 5.56 Å². The number of carbonyl (C=O) groups is 2. The van der Waals surface area contributed by atoms with E-state index in [1.165, 1.54) is 0 Å². The summed E-state index contributed by atoms with van der Waals surface area (Å²) in [7, 11) is 5.70. The van der Waals surface area contributed by atoms with Crippen molar-refractivity contribution in [2.24, 2.45) is 0 Å². The van der Waals surface area contributed by atoms with Gasteiger partial charge in [0.1, 0.15) is 19.2 Å². The summed E-state index contributed by atoms with van der Waals surface area (Å²) in [6.45, 7) is 4.06. The van der Waals surface area contributed by atoms with E-state index in [1.807, 2.05) is 26.0 Å². The number of aromatic nitrogens is 1. The highest BCUT2D eigenvalue weighted by Gasteiger charge is 2.12. The topological polar surface area (TPSA) is 71.1 Å². The van der Waals surface area contributed by atoms with Crippen LogP contribution < -0.4 is 16.1 Å². The largest absolute Gasteiger partial charge is 0.349 e. The predicted molar refractivity (Wildman–Crippen MR) is 89.8 cm³/mol. The molecule has 1 heterocycles. The number of amides is 2. The summed E-state index contributed by atoms with van der Waals surface area (Å²) >= 11 is 0. The van der Waals surface area contributed by atoms with Crippen LogP contribution in [0.5, 0.6) is 0 Å². The lowest BCUT2D eigenvalue weighted by Crippen LogP contribution is -2.31. The molecule has 0 aliphatic rings. The van der Waals surface area contributed by atoms with Crippen molar-refractivity contribution in [1.82, 2.24) is 15.6 Å². The SMILES string of the molecule is [B]c1cccc(CNC(=O)c2cccc(C(=O)NC(C)C)n2)c1. The van der Waals surface area contributed by atoms with Crippen LogP contribution in [0.4, 0.5) is 0 Å². The third-order valence-electron chi connectivity index (χ3n) is 3.04. The molecule has 116 valence electrons. The predicted octanol–water partition coefficient (Wildman–Crippen LogP) is 0.944. The maximum atomic E-state index is 12.2. The number of hydrogen-bond acceptors (Lipinski definition) is 3. The van der Waals surface area contributed by atoms with Crippen molar-refractivity contribution in [1.29, 1.82) is 0 Å². The summed E-state index contributed by atoms with van der Waals surface area (Å²) in [6, 6.07) is 12.1. The number of carbonyl (C=O) groups excluding carboxylic acids is 2. The molecular weight excluding hydrogens is 289 g/mol. The molecule has 0 fully saturated rings. The Bertz CT molecular complexity index is 716. The van der Waals surface area contributed by atoms with Gasteiger partial charge in [0.25, 0.3) is 11.8 Å². The van der Waals surface area contributed by atoms with Gasteiger partial charge >= 0.3 is 0 Å². The minimum Gasteiger partial charge on any atom is -0.349 e. The average Bonchev–Trinajstić information content (AvgIpc) is 2.52. The highest BCUT2D eigenvalue weighted by atomic mass is 16.2. The lowest BCUT2D eigenvalue weighted by molar-refractivity contribution is 0.0936. The van der Waals surface area contributed by atoms with Crippen molar-refractivity contribution in [2.45, 2.75) is 26.4 Å². The van der Waals surface area contributed by atoms with Gasteiger partial charge in [0.15, 0.2) is 0 Å². The molecule has 0 aliphatic heterocycles. The summed E-state index contributed by atoms with van der Waals surface area (Å²) in [5.74, 6) is -0.642. The monoisotopic (exact) mass is 307 g/mol. The van der Waals surface area contributed by atoms with Gasteiger partial charge in [-0.3, -0.25) is 9.59 Å². The molecule has 0 spiro atoms. The van der Waals surface area contributed by atoms with Crippen LogP contribution in [0.1, 0.15) is 40.4 Å². The van der Waals surface area contributed by atoms with Crippen molar-refractivity contribution >= 4 is 25.1 Å². The van der Waals surface area contributed by atoms with E-state index >= 15 is 0 Å². The van der Waals surface area contributed by atoms with Crippen molar-refractivity contribution in [3.63, 3.8) is 0 Å². The fraction of sp³-hybridized carbons (Fsp3) is 0.235. The molecule has 2 N–H and O–H groups in total. The Morgan fingerprint density at radius 1 is 1.09 bits per heavy atom. The Morgan fingerprint density at radius 3 is 2.39 bits per heavy atom. The smallest absolute Gasteiger partial charge is 0.270 e. The third kappa shape index (κ3) is 4.95. The third-order valence-corrected chi connectivity index (χ3v) is 3.04. The highest BCUT2D eigenvalue weighted by Crippen LogP contribution is 2.02. The number of rotatable bonds is 5. The van der Waals surface area contributed by atoms with Gasteiger partial charge in [-0.05, 0) is 31.5 Å². The van der Waals surface area contributed by atoms with Crippen LogP contribution in [0.25, 0.3) is 0 Å². The summed E-state index contributed by atoms with van der Waals surface area (Å²) in [5.41, 5.74) is 1.95. The molecule has 0 unspecified atom stereocenters. The Morgan fingerprint density at radius 2 is 1.74 bits per heavy atom. The molecule has 0 saturated heterocycles. The first-order valence-electron chi connectivity index (χ1n) is 7.36. The molecule has 1 aromatic carbocycles. The molecule has 0 atom stereocenters. The minimum absolute atomic E-state index is 0.00493. The van der Waals surface area contributed by atoms with E-state index in [4.69, 9.17) is 7.85 Å². The number of benzene rings is 1. The van der Waals surface area contributed by atoms with E-state index in [0.29, 0.717) is 12.0 Å². The lowest BCUT2D eigenvalue weighted by atomic mass is 9.94. The summed E-state index contributed by atoms with van der Waals surface area (Å²) in [6.07, 6.45) is 0. The quantitative estimate of drug-likeness (QED) is 0.808. The molecule has 23 heavy (non-hydrogen) atoms. The zero-order valence-corrected chi connectivity index (χ0v) is 13.2. The van der Waals surface area contributed by atoms with Crippen LogP contribution in [0.2, 0.25) is 0 Å². The molecule has 2 aromatic rings. The zero-order valence-electron chi connectivity index (χ0n) is 13.2. The summed E-state index contributed by atoms with van der Waals surface area (Å²) in [4.78, 5) is 28.2. The zero-order chi connectivity index (χ0) is 16.8. The molecule has 2 rings (SSSR count). The van der Waals surface area contributed by atoms with E-state index < -0.39 is 0 Å². The standard InChI is InChI=1S/C17H18BN3O2/c1-11(2)20-17(23)15-8-4-7-14(21-15)16(22)19-10-12-5-3-6-13(18)9-12/h3-9,11H,10H2,1-2H3,(H,19,22)(H,20,23). The molecule has 0 aliphatic carbocycles. The van der Waals surface area contributed by atoms with Crippen molar-refractivity contribution in [2.75, 3.05) is 0 Å².